The molecule has 2 N–H and O–H groups in total. The van der Waals surface area contributed by atoms with E-state index in [1.807, 2.05) is 0 Å². The summed E-state index contributed by atoms with van der Waals surface area (Å²) in [5.74, 6) is -0.253. The highest BCUT2D eigenvalue weighted by Gasteiger charge is 2.14. The largest absolute Gasteiger partial charge is 0.394 e. The van der Waals surface area contributed by atoms with Gasteiger partial charge in [-0.05, 0) is 29.8 Å². The summed E-state index contributed by atoms with van der Waals surface area (Å²) in [7, 11) is 0. The van der Waals surface area contributed by atoms with E-state index in [0.717, 1.165) is 5.56 Å². The minimum Gasteiger partial charge on any atom is -0.394 e. The number of aliphatic hydroxyl groups is 1. The molecule has 5 heteroatoms. The molecule has 0 aliphatic heterocycles. The second-order valence-electron chi connectivity index (χ2n) is 4.00. The van der Waals surface area contributed by atoms with E-state index < -0.39 is 6.04 Å². The van der Waals surface area contributed by atoms with E-state index in [4.69, 9.17) is 11.6 Å². The van der Waals surface area contributed by atoms with Crippen molar-refractivity contribution in [3.05, 3.63) is 64.9 Å². The molecule has 2 rings (SSSR count). The van der Waals surface area contributed by atoms with Gasteiger partial charge in [-0.25, -0.2) is 0 Å². The molecule has 2 aromatic rings. The number of nitrogens with zero attached hydrogens (tertiary/aromatic N) is 1. The lowest BCUT2D eigenvalue weighted by Crippen LogP contribution is -2.30. The molecule has 0 radical (unpaired) electrons. The van der Waals surface area contributed by atoms with E-state index in [1.54, 1.807) is 48.8 Å². The van der Waals surface area contributed by atoms with E-state index in [9.17, 15) is 9.90 Å². The van der Waals surface area contributed by atoms with Crippen molar-refractivity contribution in [2.24, 2.45) is 0 Å². The first-order valence-corrected chi connectivity index (χ1v) is 6.15. The number of aliphatic hydroxyl groups excluding tert-OH is 1. The molecule has 0 bridgehead atoms. The summed E-state index contributed by atoms with van der Waals surface area (Å²) in [6, 6.07) is 9.76. The lowest BCUT2D eigenvalue weighted by Gasteiger charge is -2.16. The molecule has 19 heavy (non-hydrogen) atoms. The Bertz CT molecular complexity index is 543. The molecule has 1 atom stereocenters. The normalized spacial score (nSPS) is 11.9. The van der Waals surface area contributed by atoms with Gasteiger partial charge in [0.15, 0.2) is 0 Å². The van der Waals surface area contributed by atoms with Crippen molar-refractivity contribution in [1.82, 2.24) is 10.3 Å². The van der Waals surface area contributed by atoms with Crippen molar-refractivity contribution in [1.29, 1.82) is 0 Å². The fourth-order valence-electron chi connectivity index (χ4n) is 1.67. The Labute approximate surface area is 116 Å². The molecular weight excluding hydrogens is 264 g/mol. The first-order valence-electron chi connectivity index (χ1n) is 5.78. The molecule has 1 aromatic heterocycles. The van der Waals surface area contributed by atoms with Gasteiger partial charge in [0.05, 0.1) is 12.6 Å². The van der Waals surface area contributed by atoms with E-state index >= 15 is 0 Å². The van der Waals surface area contributed by atoms with Crippen LogP contribution in [0.5, 0.6) is 0 Å². The molecule has 4 nitrogen and oxygen atoms in total. The quantitative estimate of drug-likeness (QED) is 0.900. The molecule has 0 spiro atoms. The minimum atomic E-state index is -0.460. The Morgan fingerprint density at radius 3 is 2.42 bits per heavy atom. The van der Waals surface area contributed by atoms with Crippen molar-refractivity contribution in [2.45, 2.75) is 6.04 Å². The first-order chi connectivity index (χ1) is 9.20. The molecule has 1 unspecified atom stereocenters. The maximum Gasteiger partial charge on any atom is 0.251 e. The smallest absolute Gasteiger partial charge is 0.251 e. The molecule has 1 amide bonds. The third kappa shape index (κ3) is 3.53. The van der Waals surface area contributed by atoms with Gasteiger partial charge in [-0.2, -0.15) is 0 Å². The van der Waals surface area contributed by atoms with Gasteiger partial charge in [0.2, 0.25) is 0 Å². The number of halogens is 1. The number of hydrogen-bond acceptors (Lipinski definition) is 3. The van der Waals surface area contributed by atoms with Crippen molar-refractivity contribution in [2.75, 3.05) is 6.61 Å². The van der Waals surface area contributed by atoms with Crippen LogP contribution < -0.4 is 5.32 Å². The van der Waals surface area contributed by atoms with Crippen LogP contribution in [0, 0.1) is 0 Å². The number of aromatic nitrogens is 1. The van der Waals surface area contributed by atoms with Crippen LogP contribution in [0.4, 0.5) is 0 Å². The van der Waals surface area contributed by atoms with Gasteiger partial charge < -0.3 is 10.4 Å². The van der Waals surface area contributed by atoms with Crippen molar-refractivity contribution in [3.8, 4) is 0 Å². The van der Waals surface area contributed by atoms with Gasteiger partial charge in [-0.15, -0.1) is 0 Å². The monoisotopic (exact) mass is 276 g/mol. The number of benzene rings is 1. The predicted octanol–water partition coefficient (Wildman–Crippen LogP) is 2.20. The lowest BCUT2D eigenvalue weighted by atomic mass is 10.1. The second-order valence-corrected chi connectivity index (χ2v) is 4.43. The van der Waals surface area contributed by atoms with Crippen LogP contribution >= 0.6 is 11.6 Å². The average molecular weight is 277 g/mol. The van der Waals surface area contributed by atoms with Gasteiger partial charge in [0.25, 0.3) is 5.91 Å². The summed E-state index contributed by atoms with van der Waals surface area (Å²) in [5, 5.41) is 12.8. The third-order valence-corrected chi connectivity index (χ3v) is 2.95. The summed E-state index contributed by atoms with van der Waals surface area (Å²) in [6.45, 7) is -0.182. The number of nitrogens with one attached hydrogen (secondary N) is 1. The van der Waals surface area contributed by atoms with Gasteiger partial charge in [0.1, 0.15) is 0 Å². The fraction of sp³-hybridized carbons (Fsp3) is 0.143. The summed E-state index contributed by atoms with van der Waals surface area (Å²) in [6.07, 6.45) is 3.09. The van der Waals surface area contributed by atoms with Crippen molar-refractivity contribution < 1.29 is 9.90 Å². The summed E-state index contributed by atoms with van der Waals surface area (Å²) >= 11 is 5.80. The van der Waals surface area contributed by atoms with Crippen molar-refractivity contribution >= 4 is 17.5 Å². The maximum absolute atomic E-state index is 12.0. The second kappa shape index (κ2) is 6.31. The third-order valence-electron chi connectivity index (χ3n) is 2.70. The summed E-state index contributed by atoms with van der Waals surface area (Å²) < 4.78 is 0. The number of carbonyl (C=O) groups is 1. The predicted molar refractivity (Wildman–Crippen MR) is 73.0 cm³/mol. The molecule has 0 aliphatic carbocycles. The SMILES string of the molecule is O=C(NC(CO)c1ccc(Cl)cc1)c1ccncc1. The number of rotatable bonds is 4. The number of hydrogen-bond donors (Lipinski definition) is 2. The van der Waals surface area contributed by atoms with Crippen LogP contribution in [0.2, 0.25) is 5.02 Å². The lowest BCUT2D eigenvalue weighted by molar-refractivity contribution is 0.0916. The van der Waals surface area contributed by atoms with Crippen LogP contribution in [0.15, 0.2) is 48.8 Å². The molecular formula is C14H13ClN2O2. The van der Waals surface area contributed by atoms with Gasteiger partial charge >= 0.3 is 0 Å². The highest BCUT2D eigenvalue weighted by atomic mass is 35.5. The Balaban J connectivity index is 2.11. The molecule has 0 saturated heterocycles. The van der Waals surface area contributed by atoms with Crippen LogP contribution in [-0.2, 0) is 0 Å². The Morgan fingerprint density at radius 1 is 1.21 bits per heavy atom. The zero-order valence-corrected chi connectivity index (χ0v) is 10.8. The van der Waals surface area contributed by atoms with Crippen LogP contribution in [0.3, 0.4) is 0 Å². The van der Waals surface area contributed by atoms with Crippen LogP contribution in [-0.4, -0.2) is 22.6 Å². The topological polar surface area (TPSA) is 62.2 Å². The molecule has 98 valence electrons. The average Bonchev–Trinajstić information content (AvgIpc) is 2.46. The Kier molecular flexibility index (Phi) is 4.49. The van der Waals surface area contributed by atoms with E-state index in [-0.39, 0.29) is 12.5 Å². The molecule has 1 aromatic carbocycles. The zero-order chi connectivity index (χ0) is 13.7. The first kappa shape index (κ1) is 13.5. The van der Waals surface area contributed by atoms with Crippen LogP contribution in [0.1, 0.15) is 22.0 Å². The number of carbonyl (C=O) groups excluding carboxylic acids is 1. The van der Waals surface area contributed by atoms with E-state index in [0.29, 0.717) is 10.6 Å². The minimum absolute atomic E-state index is 0.182. The molecule has 0 aliphatic rings. The van der Waals surface area contributed by atoms with Gasteiger partial charge in [0, 0.05) is 23.0 Å². The zero-order valence-electron chi connectivity index (χ0n) is 10.1. The molecule has 1 heterocycles. The highest BCUT2D eigenvalue weighted by Crippen LogP contribution is 2.16. The van der Waals surface area contributed by atoms with Gasteiger partial charge in [-0.1, -0.05) is 23.7 Å². The fourth-order valence-corrected chi connectivity index (χ4v) is 1.80. The van der Waals surface area contributed by atoms with Gasteiger partial charge in [-0.3, -0.25) is 9.78 Å². The van der Waals surface area contributed by atoms with Crippen LogP contribution in [0.25, 0.3) is 0 Å². The molecule has 0 saturated carbocycles. The molecule has 0 fully saturated rings. The highest BCUT2D eigenvalue weighted by molar-refractivity contribution is 6.30. The van der Waals surface area contributed by atoms with E-state index in [1.165, 1.54) is 0 Å². The summed E-state index contributed by atoms with van der Waals surface area (Å²) in [4.78, 5) is 15.8. The number of pyridine rings is 1. The number of amides is 1. The standard InChI is InChI=1S/C14H13ClN2O2/c15-12-3-1-10(2-4-12)13(9-18)17-14(19)11-5-7-16-8-6-11/h1-8,13,18H,9H2,(H,17,19). The van der Waals surface area contributed by atoms with Crippen molar-refractivity contribution in [3.63, 3.8) is 0 Å². The Morgan fingerprint density at radius 2 is 1.84 bits per heavy atom. The summed E-state index contributed by atoms with van der Waals surface area (Å²) in [5.41, 5.74) is 1.30. The van der Waals surface area contributed by atoms with E-state index in [2.05, 4.69) is 10.3 Å². The maximum atomic E-state index is 12.0. The Hall–Kier alpha value is -1.91.